The first-order valence-electron chi connectivity index (χ1n) is 8.43. The van der Waals surface area contributed by atoms with Crippen molar-refractivity contribution in [3.63, 3.8) is 0 Å². The highest BCUT2D eigenvalue weighted by molar-refractivity contribution is 7.89. The van der Waals surface area contributed by atoms with Gasteiger partial charge >= 0.3 is 0 Å². The van der Waals surface area contributed by atoms with Crippen molar-refractivity contribution in [1.29, 1.82) is 0 Å². The molecule has 1 aliphatic rings. The Bertz CT molecular complexity index is 984. The lowest BCUT2D eigenvalue weighted by Crippen LogP contribution is -2.38. The molecular weight excluding hydrogens is 334 g/mol. The normalized spacial score (nSPS) is 19.1. The Balaban J connectivity index is 1.82. The van der Waals surface area contributed by atoms with Gasteiger partial charge in [-0.3, -0.25) is 9.97 Å². The molecule has 0 saturated carbocycles. The minimum Gasteiger partial charge on any atom is -0.264 e. The monoisotopic (exact) mass is 353 g/mol. The number of pyridine rings is 2. The van der Waals surface area contributed by atoms with Crippen LogP contribution in [0.3, 0.4) is 0 Å². The Hall–Kier alpha value is -2.31. The van der Waals surface area contributed by atoms with Crippen molar-refractivity contribution in [2.24, 2.45) is 0 Å². The maximum absolute atomic E-state index is 13.5. The van der Waals surface area contributed by atoms with Gasteiger partial charge in [0, 0.05) is 30.5 Å². The van der Waals surface area contributed by atoms with E-state index in [1.807, 2.05) is 30.3 Å². The average Bonchev–Trinajstić information content (AvgIpc) is 2.68. The summed E-state index contributed by atoms with van der Waals surface area (Å²) in [5.74, 6) is 0. The van der Waals surface area contributed by atoms with Crippen LogP contribution >= 0.6 is 0 Å². The molecule has 1 atom stereocenters. The molecule has 1 aromatic carbocycles. The Morgan fingerprint density at radius 3 is 2.68 bits per heavy atom. The number of benzene rings is 1. The summed E-state index contributed by atoms with van der Waals surface area (Å²) in [6.45, 7) is 0.519. The van der Waals surface area contributed by atoms with E-state index in [0.29, 0.717) is 12.1 Å². The van der Waals surface area contributed by atoms with E-state index in [-0.39, 0.29) is 10.9 Å². The molecular formula is C19H19N3O2S. The van der Waals surface area contributed by atoms with Gasteiger partial charge in [-0.2, -0.15) is 4.31 Å². The number of nitrogens with zero attached hydrogens (tertiary/aromatic N) is 3. The molecule has 1 saturated heterocycles. The largest absolute Gasteiger partial charge is 0.264 e. The number of para-hydroxylation sites is 1. The van der Waals surface area contributed by atoms with E-state index in [1.54, 1.807) is 35.0 Å². The maximum atomic E-state index is 13.5. The first-order chi connectivity index (χ1) is 12.2. The summed E-state index contributed by atoms with van der Waals surface area (Å²) >= 11 is 0. The molecule has 1 aliphatic heterocycles. The number of piperidine rings is 1. The lowest BCUT2D eigenvalue weighted by Gasteiger charge is -2.34. The van der Waals surface area contributed by atoms with Crippen LogP contribution in [0.25, 0.3) is 10.9 Å². The zero-order valence-electron chi connectivity index (χ0n) is 13.7. The van der Waals surface area contributed by atoms with Crippen LogP contribution in [0.2, 0.25) is 0 Å². The van der Waals surface area contributed by atoms with Gasteiger partial charge in [-0.15, -0.1) is 0 Å². The summed E-state index contributed by atoms with van der Waals surface area (Å²) < 4.78 is 28.5. The van der Waals surface area contributed by atoms with Crippen LogP contribution in [0.5, 0.6) is 0 Å². The zero-order chi connectivity index (χ0) is 17.3. The number of sulfonamides is 1. The van der Waals surface area contributed by atoms with Crippen LogP contribution in [0.4, 0.5) is 0 Å². The van der Waals surface area contributed by atoms with Crippen LogP contribution in [0, 0.1) is 0 Å². The molecule has 6 heteroatoms. The molecule has 0 amide bonds. The number of hydrogen-bond donors (Lipinski definition) is 0. The van der Waals surface area contributed by atoms with Gasteiger partial charge < -0.3 is 0 Å². The Labute approximate surface area is 147 Å². The summed E-state index contributed by atoms with van der Waals surface area (Å²) in [4.78, 5) is 8.77. The zero-order valence-corrected chi connectivity index (χ0v) is 14.6. The second kappa shape index (κ2) is 6.54. The molecule has 1 unspecified atom stereocenters. The third-order valence-electron chi connectivity index (χ3n) is 4.71. The van der Waals surface area contributed by atoms with Gasteiger partial charge in [0.1, 0.15) is 4.90 Å². The quantitative estimate of drug-likeness (QED) is 0.722. The van der Waals surface area contributed by atoms with Crippen LogP contribution in [0.1, 0.15) is 30.9 Å². The minimum absolute atomic E-state index is 0.175. The van der Waals surface area contributed by atoms with Crippen molar-refractivity contribution in [2.75, 3.05) is 6.54 Å². The predicted octanol–water partition coefficient (Wildman–Crippen LogP) is 3.55. The molecule has 25 heavy (non-hydrogen) atoms. The smallest absolute Gasteiger partial charge is 0.245 e. The maximum Gasteiger partial charge on any atom is 0.245 e. The van der Waals surface area contributed by atoms with E-state index in [1.165, 1.54) is 0 Å². The van der Waals surface area contributed by atoms with E-state index >= 15 is 0 Å². The highest BCUT2D eigenvalue weighted by Gasteiger charge is 2.35. The van der Waals surface area contributed by atoms with Crippen molar-refractivity contribution < 1.29 is 8.42 Å². The first kappa shape index (κ1) is 16.2. The van der Waals surface area contributed by atoms with Crippen LogP contribution in [0.15, 0.2) is 66.0 Å². The van der Waals surface area contributed by atoms with Crippen molar-refractivity contribution >= 4 is 20.9 Å². The van der Waals surface area contributed by atoms with Gasteiger partial charge in [-0.05, 0) is 36.6 Å². The fourth-order valence-corrected chi connectivity index (χ4v) is 5.36. The van der Waals surface area contributed by atoms with Crippen molar-refractivity contribution in [3.05, 3.63) is 66.6 Å². The number of hydrogen-bond acceptors (Lipinski definition) is 4. The molecule has 0 aliphatic carbocycles. The van der Waals surface area contributed by atoms with Crippen LogP contribution in [-0.2, 0) is 10.0 Å². The average molecular weight is 353 g/mol. The summed E-state index contributed by atoms with van der Waals surface area (Å²) in [5, 5.41) is 0.832. The molecule has 3 aromatic rings. The van der Waals surface area contributed by atoms with Crippen LogP contribution in [-0.4, -0.2) is 29.2 Å². The fourth-order valence-electron chi connectivity index (χ4n) is 3.51. The van der Waals surface area contributed by atoms with Crippen LogP contribution < -0.4 is 0 Å². The van der Waals surface area contributed by atoms with E-state index in [0.717, 1.165) is 30.2 Å². The molecule has 0 N–H and O–H groups in total. The predicted molar refractivity (Wildman–Crippen MR) is 96.5 cm³/mol. The standard InChI is InChI=1S/C19H19N3O2S/c23-25(24,18-10-3-6-15-7-5-12-21-19(15)18)22-13-2-1-9-17(22)16-8-4-11-20-14-16/h3-8,10-12,14,17H,1-2,9,13H2. The molecule has 2 aromatic heterocycles. The van der Waals surface area contributed by atoms with E-state index in [9.17, 15) is 8.42 Å². The van der Waals surface area contributed by atoms with Gasteiger partial charge in [0.25, 0.3) is 0 Å². The van der Waals surface area contributed by atoms with Gasteiger partial charge in [0.05, 0.1) is 11.6 Å². The number of fused-ring (bicyclic) bond motifs is 1. The van der Waals surface area contributed by atoms with E-state index in [2.05, 4.69) is 9.97 Å². The van der Waals surface area contributed by atoms with Crippen molar-refractivity contribution in [2.45, 2.75) is 30.2 Å². The highest BCUT2D eigenvalue weighted by atomic mass is 32.2. The molecule has 0 bridgehead atoms. The first-order valence-corrected chi connectivity index (χ1v) is 9.87. The number of aromatic nitrogens is 2. The Morgan fingerprint density at radius 1 is 1.00 bits per heavy atom. The SMILES string of the molecule is O=S(=O)(c1cccc2cccnc12)N1CCCCC1c1cccnc1. The molecule has 3 heterocycles. The topological polar surface area (TPSA) is 63.2 Å². The van der Waals surface area contributed by atoms with E-state index in [4.69, 9.17) is 0 Å². The molecule has 1 fully saturated rings. The summed E-state index contributed by atoms with van der Waals surface area (Å²) in [5.41, 5.74) is 1.47. The van der Waals surface area contributed by atoms with Gasteiger partial charge in [0.2, 0.25) is 10.0 Å². The van der Waals surface area contributed by atoms with Crippen molar-refractivity contribution in [1.82, 2.24) is 14.3 Å². The van der Waals surface area contributed by atoms with Gasteiger partial charge in [0.15, 0.2) is 0 Å². The summed E-state index contributed by atoms with van der Waals surface area (Å²) in [6, 6.07) is 12.6. The van der Waals surface area contributed by atoms with Gasteiger partial charge in [-0.1, -0.05) is 30.7 Å². The van der Waals surface area contributed by atoms with Crippen molar-refractivity contribution in [3.8, 4) is 0 Å². The molecule has 4 rings (SSSR count). The third-order valence-corrected chi connectivity index (χ3v) is 6.64. The summed E-state index contributed by atoms with van der Waals surface area (Å²) in [6.07, 6.45) is 7.80. The second-order valence-corrected chi connectivity index (χ2v) is 8.10. The molecule has 5 nitrogen and oxygen atoms in total. The second-order valence-electron chi connectivity index (χ2n) is 6.24. The third kappa shape index (κ3) is 2.92. The molecule has 0 spiro atoms. The summed E-state index contributed by atoms with van der Waals surface area (Å²) in [7, 11) is -3.64. The number of rotatable bonds is 3. The highest BCUT2D eigenvalue weighted by Crippen LogP contribution is 2.36. The fraction of sp³-hybridized carbons (Fsp3) is 0.263. The minimum atomic E-state index is -3.64. The Morgan fingerprint density at radius 2 is 1.84 bits per heavy atom. The Kier molecular flexibility index (Phi) is 4.23. The lowest BCUT2D eigenvalue weighted by molar-refractivity contribution is 0.255. The van der Waals surface area contributed by atoms with E-state index < -0.39 is 10.0 Å². The molecule has 128 valence electrons. The van der Waals surface area contributed by atoms with Gasteiger partial charge in [-0.25, -0.2) is 8.42 Å². The molecule has 0 radical (unpaired) electrons. The lowest BCUT2D eigenvalue weighted by atomic mass is 9.99.